The number of para-hydroxylation sites is 1. The fraction of sp³-hybridized carbons (Fsp3) is 0.316. The lowest BCUT2D eigenvalue weighted by Crippen LogP contribution is -2.42. The van der Waals surface area contributed by atoms with Crippen LogP contribution in [0.4, 0.5) is 5.69 Å². The van der Waals surface area contributed by atoms with Crippen molar-refractivity contribution < 1.29 is 4.74 Å². The Hall–Kier alpha value is -1.91. The van der Waals surface area contributed by atoms with Crippen LogP contribution in [0, 0.1) is 0 Å². The molecule has 1 saturated heterocycles. The number of ether oxygens (including phenoxy) is 1. The molecule has 0 spiro atoms. The molecule has 0 radical (unpaired) electrons. The van der Waals surface area contributed by atoms with Gasteiger partial charge in [0.15, 0.2) is 5.11 Å². The van der Waals surface area contributed by atoms with E-state index in [4.69, 9.17) is 17.0 Å². The number of hydrogen-bond acceptors (Lipinski definition) is 2. The zero-order valence-corrected chi connectivity index (χ0v) is 14.0. The summed E-state index contributed by atoms with van der Waals surface area (Å²) in [7, 11) is 0. The van der Waals surface area contributed by atoms with Gasteiger partial charge in [0.1, 0.15) is 0 Å². The van der Waals surface area contributed by atoms with E-state index < -0.39 is 0 Å². The normalized spacial score (nSPS) is 17.0. The molecule has 1 aliphatic rings. The van der Waals surface area contributed by atoms with E-state index in [1.165, 1.54) is 5.56 Å². The van der Waals surface area contributed by atoms with E-state index in [9.17, 15) is 0 Å². The topological polar surface area (TPSA) is 24.5 Å². The fourth-order valence-corrected chi connectivity index (χ4v) is 3.01. The first kappa shape index (κ1) is 16.0. The summed E-state index contributed by atoms with van der Waals surface area (Å²) in [4.78, 5) is 2.14. The molecule has 3 rings (SSSR count). The third-order valence-electron chi connectivity index (χ3n) is 4.00. The lowest BCUT2D eigenvalue weighted by atomic mass is 10.2. The third kappa shape index (κ3) is 4.53. The Morgan fingerprint density at radius 2 is 1.78 bits per heavy atom. The van der Waals surface area contributed by atoms with E-state index in [2.05, 4.69) is 46.6 Å². The van der Waals surface area contributed by atoms with Crippen LogP contribution in [-0.2, 0) is 11.3 Å². The Kier molecular flexibility index (Phi) is 5.61. The smallest absolute Gasteiger partial charge is 0.173 e. The van der Waals surface area contributed by atoms with Crippen LogP contribution in [0.1, 0.15) is 18.4 Å². The van der Waals surface area contributed by atoms with Crippen molar-refractivity contribution in [1.29, 1.82) is 0 Å². The van der Waals surface area contributed by atoms with Crippen molar-refractivity contribution in [2.45, 2.75) is 25.5 Å². The number of rotatable bonds is 5. The van der Waals surface area contributed by atoms with Gasteiger partial charge in [-0.2, -0.15) is 0 Å². The van der Waals surface area contributed by atoms with Gasteiger partial charge in [-0.05, 0) is 42.8 Å². The molecule has 2 aromatic carbocycles. The quantitative estimate of drug-likeness (QED) is 0.846. The van der Waals surface area contributed by atoms with E-state index >= 15 is 0 Å². The van der Waals surface area contributed by atoms with Crippen molar-refractivity contribution in [3.63, 3.8) is 0 Å². The molecule has 0 amide bonds. The number of hydrogen-bond donors (Lipinski definition) is 1. The molecule has 0 bridgehead atoms. The number of benzene rings is 2. The number of nitrogens with zero attached hydrogens (tertiary/aromatic N) is 1. The third-order valence-corrected chi connectivity index (χ3v) is 4.37. The van der Waals surface area contributed by atoms with Crippen molar-refractivity contribution in [3.05, 3.63) is 66.2 Å². The molecule has 0 aromatic heterocycles. The van der Waals surface area contributed by atoms with Gasteiger partial charge in [-0.15, -0.1) is 0 Å². The van der Waals surface area contributed by atoms with Crippen LogP contribution in [0.5, 0.6) is 0 Å². The minimum atomic E-state index is 0.280. The Morgan fingerprint density at radius 1 is 1.09 bits per heavy atom. The number of anilines is 1. The summed E-state index contributed by atoms with van der Waals surface area (Å²) in [5.41, 5.74) is 2.33. The molecule has 23 heavy (non-hydrogen) atoms. The molecule has 0 aliphatic carbocycles. The summed E-state index contributed by atoms with van der Waals surface area (Å²) in [6.45, 7) is 2.39. The van der Waals surface area contributed by atoms with Crippen molar-refractivity contribution in [1.82, 2.24) is 5.32 Å². The predicted molar refractivity (Wildman–Crippen MR) is 98.6 cm³/mol. The zero-order valence-electron chi connectivity index (χ0n) is 13.2. The maximum absolute atomic E-state index is 5.67. The SMILES string of the molecule is S=C(NCC1CCCO1)N(Cc1ccccc1)c1ccccc1. The van der Waals surface area contributed by atoms with Crippen LogP contribution < -0.4 is 10.2 Å². The van der Waals surface area contributed by atoms with E-state index in [1.54, 1.807) is 0 Å². The fourth-order valence-electron chi connectivity index (χ4n) is 2.76. The van der Waals surface area contributed by atoms with Crippen molar-refractivity contribution in [2.75, 3.05) is 18.1 Å². The summed E-state index contributed by atoms with van der Waals surface area (Å²) in [6, 6.07) is 20.7. The van der Waals surface area contributed by atoms with E-state index in [-0.39, 0.29) is 6.10 Å². The summed E-state index contributed by atoms with van der Waals surface area (Å²) in [5, 5.41) is 4.12. The highest BCUT2D eigenvalue weighted by atomic mass is 32.1. The average Bonchev–Trinajstić information content (AvgIpc) is 3.13. The van der Waals surface area contributed by atoms with Gasteiger partial charge in [-0.1, -0.05) is 48.5 Å². The highest BCUT2D eigenvalue weighted by molar-refractivity contribution is 7.80. The molecule has 1 atom stereocenters. The standard InChI is InChI=1S/C19H22N2OS/c23-19(20-14-18-12-7-13-22-18)21(17-10-5-2-6-11-17)15-16-8-3-1-4-9-16/h1-6,8-11,18H,7,12-15H2,(H,20,23). The molecular weight excluding hydrogens is 304 g/mol. The monoisotopic (exact) mass is 326 g/mol. The molecule has 1 aliphatic heterocycles. The second-order valence-corrected chi connectivity index (χ2v) is 6.12. The van der Waals surface area contributed by atoms with E-state index in [1.807, 2.05) is 24.3 Å². The van der Waals surface area contributed by atoms with Crippen LogP contribution in [0.25, 0.3) is 0 Å². The van der Waals surface area contributed by atoms with Gasteiger partial charge in [0.05, 0.1) is 12.6 Å². The zero-order chi connectivity index (χ0) is 15.9. The minimum Gasteiger partial charge on any atom is -0.376 e. The van der Waals surface area contributed by atoms with Crippen LogP contribution in [0.3, 0.4) is 0 Å². The summed E-state index contributed by atoms with van der Waals surface area (Å²) in [5.74, 6) is 0. The molecule has 2 aromatic rings. The van der Waals surface area contributed by atoms with Crippen LogP contribution in [-0.4, -0.2) is 24.4 Å². The first-order valence-electron chi connectivity index (χ1n) is 8.09. The molecule has 1 heterocycles. The van der Waals surface area contributed by atoms with Crippen molar-refractivity contribution in [3.8, 4) is 0 Å². The molecule has 0 saturated carbocycles. The maximum atomic E-state index is 5.67. The summed E-state index contributed by atoms with van der Waals surface area (Å²) in [6.07, 6.45) is 2.54. The van der Waals surface area contributed by atoms with E-state index in [0.29, 0.717) is 0 Å². The molecule has 4 heteroatoms. The van der Waals surface area contributed by atoms with Crippen molar-refractivity contribution >= 4 is 23.0 Å². The van der Waals surface area contributed by atoms with Gasteiger partial charge in [-0.25, -0.2) is 0 Å². The highest BCUT2D eigenvalue weighted by Gasteiger charge is 2.18. The lowest BCUT2D eigenvalue weighted by molar-refractivity contribution is 0.114. The van der Waals surface area contributed by atoms with Gasteiger partial charge in [0.25, 0.3) is 0 Å². The Bertz CT molecular complexity index is 612. The number of thiocarbonyl (C=S) groups is 1. The predicted octanol–water partition coefficient (Wildman–Crippen LogP) is 3.75. The summed E-state index contributed by atoms with van der Waals surface area (Å²) < 4.78 is 5.67. The van der Waals surface area contributed by atoms with Crippen molar-refractivity contribution in [2.24, 2.45) is 0 Å². The van der Waals surface area contributed by atoms with Crippen LogP contribution in [0.15, 0.2) is 60.7 Å². The van der Waals surface area contributed by atoms with Crippen LogP contribution in [0.2, 0.25) is 0 Å². The van der Waals surface area contributed by atoms with Gasteiger partial charge in [-0.3, -0.25) is 0 Å². The highest BCUT2D eigenvalue weighted by Crippen LogP contribution is 2.18. The molecule has 1 fully saturated rings. The molecule has 1 unspecified atom stereocenters. The van der Waals surface area contributed by atoms with Crippen LogP contribution >= 0.6 is 12.2 Å². The maximum Gasteiger partial charge on any atom is 0.173 e. The Morgan fingerprint density at radius 3 is 2.43 bits per heavy atom. The molecule has 120 valence electrons. The minimum absolute atomic E-state index is 0.280. The average molecular weight is 326 g/mol. The van der Waals surface area contributed by atoms with Gasteiger partial charge < -0.3 is 15.0 Å². The van der Waals surface area contributed by atoms with Gasteiger partial charge >= 0.3 is 0 Å². The first-order chi connectivity index (χ1) is 11.3. The Labute approximate surface area is 143 Å². The first-order valence-corrected chi connectivity index (χ1v) is 8.50. The number of nitrogens with one attached hydrogen (secondary N) is 1. The molecule has 1 N–H and O–H groups in total. The second-order valence-electron chi connectivity index (χ2n) is 5.73. The van der Waals surface area contributed by atoms with E-state index in [0.717, 1.165) is 43.3 Å². The lowest BCUT2D eigenvalue weighted by Gasteiger charge is -2.27. The molecule has 3 nitrogen and oxygen atoms in total. The molecular formula is C19H22N2OS. The Balaban J connectivity index is 1.70. The van der Waals surface area contributed by atoms with Gasteiger partial charge in [0, 0.05) is 18.8 Å². The largest absolute Gasteiger partial charge is 0.376 e. The second kappa shape index (κ2) is 8.09. The summed E-state index contributed by atoms with van der Waals surface area (Å²) >= 11 is 5.65. The van der Waals surface area contributed by atoms with Gasteiger partial charge in [0.2, 0.25) is 0 Å².